The van der Waals surface area contributed by atoms with Crippen molar-refractivity contribution in [2.24, 2.45) is 0 Å². The van der Waals surface area contributed by atoms with E-state index >= 15 is 0 Å². The Labute approximate surface area is 84.7 Å². The Morgan fingerprint density at radius 3 is 2.64 bits per heavy atom. The molecule has 0 saturated heterocycles. The van der Waals surface area contributed by atoms with Crippen molar-refractivity contribution in [2.75, 3.05) is 0 Å². The van der Waals surface area contributed by atoms with Gasteiger partial charge >= 0.3 is 5.97 Å². The van der Waals surface area contributed by atoms with Gasteiger partial charge in [0.1, 0.15) is 11.3 Å². The Kier molecular flexibility index (Phi) is 2.99. The van der Waals surface area contributed by atoms with Crippen molar-refractivity contribution in [1.82, 2.24) is 4.57 Å². The van der Waals surface area contributed by atoms with E-state index in [2.05, 4.69) is 0 Å². The van der Waals surface area contributed by atoms with Crippen LogP contribution in [0, 0.1) is 0 Å². The molecule has 1 aromatic rings. The number of aromatic nitrogens is 1. The number of aryl methyl sites for hydroxylation is 1. The number of hydrogen-bond donors (Lipinski definition) is 0. The third-order valence-corrected chi connectivity index (χ3v) is 1.78. The first-order chi connectivity index (χ1) is 6.44. The highest BCUT2D eigenvalue weighted by Crippen LogP contribution is 2.12. The number of carbonyl (C=O) groups excluding carboxylic acids is 1. The lowest BCUT2D eigenvalue weighted by molar-refractivity contribution is 0.00579. The van der Waals surface area contributed by atoms with Gasteiger partial charge in [-0.15, -0.1) is 0 Å². The zero-order valence-corrected chi connectivity index (χ0v) is 9.20. The molecule has 0 bridgehead atoms. The van der Waals surface area contributed by atoms with Crippen molar-refractivity contribution in [3.8, 4) is 0 Å². The van der Waals surface area contributed by atoms with Gasteiger partial charge in [-0.1, -0.05) is 0 Å². The number of esters is 1. The van der Waals surface area contributed by atoms with Crippen molar-refractivity contribution in [3.63, 3.8) is 0 Å². The van der Waals surface area contributed by atoms with Crippen molar-refractivity contribution < 1.29 is 9.53 Å². The van der Waals surface area contributed by atoms with Crippen molar-refractivity contribution in [1.29, 1.82) is 0 Å². The topological polar surface area (TPSA) is 31.2 Å². The first-order valence-corrected chi connectivity index (χ1v) is 4.82. The van der Waals surface area contributed by atoms with Gasteiger partial charge in [-0.05, 0) is 39.8 Å². The van der Waals surface area contributed by atoms with Crippen LogP contribution in [0.1, 0.15) is 38.2 Å². The Balaban J connectivity index is 2.80. The summed E-state index contributed by atoms with van der Waals surface area (Å²) >= 11 is 0. The van der Waals surface area contributed by atoms with Gasteiger partial charge in [0.25, 0.3) is 0 Å². The molecule has 1 rings (SSSR count). The van der Waals surface area contributed by atoms with Crippen LogP contribution in [0.3, 0.4) is 0 Å². The van der Waals surface area contributed by atoms with Crippen molar-refractivity contribution in [2.45, 2.75) is 39.8 Å². The molecule has 0 aliphatic carbocycles. The fourth-order valence-corrected chi connectivity index (χ4v) is 1.21. The first kappa shape index (κ1) is 10.8. The summed E-state index contributed by atoms with van der Waals surface area (Å²) in [6.45, 7) is 8.37. The Morgan fingerprint density at radius 1 is 1.50 bits per heavy atom. The third kappa shape index (κ3) is 2.62. The molecule has 78 valence electrons. The number of rotatable bonds is 2. The second-order valence-corrected chi connectivity index (χ2v) is 4.18. The van der Waals surface area contributed by atoms with Crippen LogP contribution in [0.5, 0.6) is 0 Å². The molecule has 3 heteroatoms. The van der Waals surface area contributed by atoms with Crippen LogP contribution in [0.15, 0.2) is 18.3 Å². The fourth-order valence-electron chi connectivity index (χ4n) is 1.21. The number of carbonyl (C=O) groups is 1. The maximum atomic E-state index is 11.7. The van der Waals surface area contributed by atoms with Crippen molar-refractivity contribution in [3.05, 3.63) is 24.0 Å². The molecule has 0 atom stereocenters. The number of ether oxygens (including phenoxy) is 1. The van der Waals surface area contributed by atoms with E-state index in [4.69, 9.17) is 4.74 Å². The normalized spacial score (nSPS) is 11.4. The van der Waals surface area contributed by atoms with Crippen LogP contribution < -0.4 is 0 Å². The average Bonchev–Trinajstić information content (AvgIpc) is 2.47. The molecule has 0 unspecified atom stereocenters. The lowest BCUT2D eigenvalue weighted by Gasteiger charge is -2.19. The maximum Gasteiger partial charge on any atom is 0.355 e. The maximum absolute atomic E-state index is 11.7. The average molecular weight is 195 g/mol. The minimum atomic E-state index is -0.431. The molecule has 0 fully saturated rings. The molecular weight excluding hydrogens is 178 g/mol. The molecule has 14 heavy (non-hydrogen) atoms. The van der Waals surface area contributed by atoms with Gasteiger partial charge < -0.3 is 9.30 Å². The largest absolute Gasteiger partial charge is 0.455 e. The van der Waals surface area contributed by atoms with E-state index < -0.39 is 5.60 Å². The summed E-state index contributed by atoms with van der Waals surface area (Å²) in [5.74, 6) is -0.260. The predicted octanol–water partition coefficient (Wildman–Crippen LogP) is 2.46. The summed E-state index contributed by atoms with van der Waals surface area (Å²) in [7, 11) is 0. The molecule has 3 nitrogen and oxygen atoms in total. The van der Waals surface area contributed by atoms with E-state index in [-0.39, 0.29) is 5.97 Å². The van der Waals surface area contributed by atoms with Gasteiger partial charge in [0.15, 0.2) is 0 Å². The van der Waals surface area contributed by atoms with E-state index in [9.17, 15) is 4.79 Å². The summed E-state index contributed by atoms with van der Waals surface area (Å²) in [4.78, 5) is 11.7. The van der Waals surface area contributed by atoms with Gasteiger partial charge in [0.05, 0.1) is 0 Å². The molecule has 0 saturated carbocycles. The highest BCUT2D eigenvalue weighted by molar-refractivity contribution is 5.88. The lowest BCUT2D eigenvalue weighted by Crippen LogP contribution is -2.25. The van der Waals surface area contributed by atoms with Crippen molar-refractivity contribution >= 4 is 5.97 Å². The second kappa shape index (κ2) is 3.86. The van der Waals surface area contributed by atoms with E-state index in [0.717, 1.165) is 6.54 Å². The van der Waals surface area contributed by atoms with Crippen LogP contribution in [0.4, 0.5) is 0 Å². The highest BCUT2D eigenvalue weighted by atomic mass is 16.6. The summed E-state index contributed by atoms with van der Waals surface area (Å²) in [5.41, 5.74) is 0.183. The smallest absolute Gasteiger partial charge is 0.355 e. The lowest BCUT2D eigenvalue weighted by atomic mass is 10.2. The minimum absolute atomic E-state index is 0.260. The van der Waals surface area contributed by atoms with Crippen LogP contribution in [0.25, 0.3) is 0 Å². The fraction of sp³-hybridized carbons (Fsp3) is 0.545. The molecule has 0 N–H and O–H groups in total. The number of hydrogen-bond acceptors (Lipinski definition) is 2. The van der Waals surface area contributed by atoms with E-state index in [0.29, 0.717) is 5.69 Å². The monoisotopic (exact) mass is 195 g/mol. The first-order valence-electron chi connectivity index (χ1n) is 4.82. The van der Waals surface area contributed by atoms with Crippen LogP contribution >= 0.6 is 0 Å². The molecular formula is C11H17NO2. The Bertz CT molecular complexity index is 320. The quantitative estimate of drug-likeness (QED) is 0.679. The molecule has 0 aliphatic heterocycles. The van der Waals surface area contributed by atoms with Crippen LogP contribution in [0.2, 0.25) is 0 Å². The highest BCUT2D eigenvalue weighted by Gasteiger charge is 2.19. The number of nitrogens with zero attached hydrogens (tertiary/aromatic N) is 1. The standard InChI is InChI=1S/C11H17NO2/c1-5-12-8-6-7-9(12)10(13)14-11(2,3)4/h6-8H,5H2,1-4H3. The molecule has 0 aliphatic rings. The molecule has 0 amide bonds. The molecule has 1 heterocycles. The summed E-state index contributed by atoms with van der Waals surface area (Å²) in [6, 6.07) is 3.63. The van der Waals surface area contributed by atoms with Gasteiger partial charge in [0, 0.05) is 12.7 Å². The van der Waals surface area contributed by atoms with Gasteiger partial charge in [-0.25, -0.2) is 4.79 Å². The molecule has 0 aromatic carbocycles. The van der Waals surface area contributed by atoms with E-state index in [1.807, 2.05) is 44.5 Å². The summed E-state index contributed by atoms with van der Waals surface area (Å²) in [5, 5.41) is 0. The van der Waals surface area contributed by atoms with Crippen LogP contribution in [-0.4, -0.2) is 16.1 Å². The van der Waals surface area contributed by atoms with Crippen LogP contribution in [-0.2, 0) is 11.3 Å². The predicted molar refractivity (Wildman–Crippen MR) is 55.3 cm³/mol. The zero-order chi connectivity index (χ0) is 10.8. The molecule has 0 spiro atoms. The van der Waals surface area contributed by atoms with Gasteiger partial charge in [-0.3, -0.25) is 0 Å². The van der Waals surface area contributed by atoms with Gasteiger partial charge in [-0.2, -0.15) is 0 Å². The van der Waals surface area contributed by atoms with E-state index in [1.165, 1.54) is 0 Å². The second-order valence-electron chi connectivity index (χ2n) is 4.18. The van der Waals surface area contributed by atoms with Gasteiger partial charge in [0.2, 0.25) is 0 Å². The third-order valence-electron chi connectivity index (χ3n) is 1.78. The Hall–Kier alpha value is -1.25. The summed E-state index contributed by atoms with van der Waals surface area (Å²) in [6.07, 6.45) is 1.87. The summed E-state index contributed by atoms with van der Waals surface area (Å²) < 4.78 is 7.13. The molecule has 0 radical (unpaired) electrons. The zero-order valence-electron chi connectivity index (χ0n) is 9.20. The molecule has 1 aromatic heterocycles. The Morgan fingerprint density at radius 2 is 2.14 bits per heavy atom. The minimum Gasteiger partial charge on any atom is -0.455 e. The van der Waals surface area contributed by atoms with E-state index in [1.54, 1.807) is 6.07 Å². The SMILES string of the molecule is CCn1cccc1C(=O)OC(C)(C)C.